The van der Waals surface area contributed by atoms with Gasteiger partial charge in [-0.25, -0.2) is 0 Å². The second-order valence-corrected chi connectivity index (χ2v) is 4.02. The fraction of sp³-hybridized carbons (Fsp3) is 0.231. The maximum absolute atomic E-state index is 6.21. The molecule has 0 aromatic heterocycles. The van der Waals surface area contributed by atoms with Gasteiger partial charge in [0.2, 0.25) is 0 Å². The van der Waals surface area contributed by atoms with Crippen molar-refractivity contribution in [1.29, 1.82) is 0 Å². The summed E-state index contributed by atoms with van der Waals surface area (Å²) in [6.45, 7) is 2.08. The monoisotopic (exact) mass is 200 g/mol. The molecule has 0 fully saturated rings. The Labute approximate surface area is 90.5 Å². The van der Waals surface area contributed by atoms with Crippen LogP contribution in [-0.4, -0.2) is 5.66 Å². The molecule has 1 aromatic rings. The van der Waals surface area contributed by atoms with Crippen molar-refractivity contribution in [2.75, 3.05) is 5.32 Å². The van der Waals surface area contributed by atoms with Crippen molar-refractivity contribution >= 4 is 5.69 Å². The van der Waals surface area contributed by atoms with E-state index in [4.69, 9.17) is 5.73 Å². The fourth-order valence-corrected chi connectivity index (χ4v) is 1.63. The van der Waals surface area contributed by atoms with Gasteiger partial charge in [-0.3, -0.25) is 0 Å². The van der Waals surface area contributed by atoms with Crippen molar-refractivity contribution in [1.82, 2.24) is 0 Å². The summed E-state index contributed by atoms with van der Waals surface area (Å²) >= 11 is 0. The zero-order valence-electron chi connectivity index (χ0n) is 8.90. The highest BCUT2D eigenvalue weighted by molar-refractivity contribution is 5.47. The van der Waals surface area contributed by atoms with E-state index in [0.717, 1.165) is 12.1 Å². The van der Waals surface area contributed by atoms with Gasteiger partial charge in [0.15, 0.2) is 0 Å². The summed E-state index contributed by atoms with van der Waals surface area (Å²) in [5.41, 5.74) is 8.09. The van der Waals surface area contributed by atoms with Crippen LogP contribution in [0.25, 0.3) is 0 Å². The highest BCUT2D eigenvalue weighted by atomic mass is 15.1. The molecular weight excluding hydrogens is 184 g/mol. The SMILES string of the molecule is CC1=CCC(N)(Nc2ccccc2)C=C1. The normalized spacial score (nSPS) is 24.8. The minimum absolute atomic E-state index is 0.444. The van der Waals surface area contributed by atoms with E-state index in [2.05, 4.69) is 24.4 Å². The van der Waals surface area contributed by atoms with Crippen molar-refractivity contribution in [2.45, 2.75) is 19.0 Å². The lowest BCUT2D eigenvalue weighted by Crippen LogP contribution is -2.46. The standard InChI is InChI=1S/C13H16N2/c1-11-7-9-13(14,10-8-11)15-12-5-3-2-4-6-12/h2-9,15H,10,14H2,1H3. The maximum Gasteiger partial charge on any atom is 0.109 e. The minimum atomic E-state index is -0.444. The molecule has 0 heterocycles. The van der Waals surface area contributed by atoms with Crippen LogP contribution in [0.1, 0.15) is 13.3 Å². The van der Waals surface area contributed by atoms with Crippen LogP contribution in [0.5, 0.6) is 0 Å². The molecule has 2 rings (SSSR count). The average Bonchev–Trinajstić information content (AvgIpc) is 2.24. The molecular formula is C13H16N2. The van der Waals surface area contributed by atoms with Gasteiger partial charge < -0.3 is 11.1 Å². The first-order valence-electron chi connectivity index (χ1n) is 5.16. The molecule has 1 unspecified atom stereocenters. The number of hydrogen-bond donors (Lipinski definition) is 2. The van der Waals surface area contributed by atoms with Gasteiger partial charge in [0.1, 0.15) is 5.66 Å². The Balaban J connectivity index is 2.10. The lowest BCUT2D eigenvalue weighted by atomic mass is 9.98. The smallest absolute Gasteiger partial charge is 0.109 e. The number of nitrogens with two attached hydrogens (primary N) is 1. The average molecular weight is 200 g/mol. The molecule has 0 saturated heterocycles. The molecule has 0 amide bonds. The van der Waals surface area contributed by atoms with Gasteiger partial charge in [0.05, 0.1) is 0 Å². The molecule has 1 atom stereocenters. The zero-order chi connectivity index (χ0) is 10.7. The van der Waals surface area contributed by atoms with E-state index in [-0.39, 0.29) is 0 Å². The van der Waals surface area contributed by atoms with Crippen LogP contribution in [0.2, 0.25) is 0 Å². The summed E-state index contributed by atoms with van der Waals surface area (Å²) in [5.74, 6) is 0. The molecule has 0 radical (unpaired) electrons. The summed E-state index contributed by atoms with van der Waals surface area (Å²) in [4.78, 5) is 0. The van der Waals surface area contributed by atoms with Crippen LogP contribution in [-0.2, 0) is 0 Å². The summed E-state index contributed by atoms with van der Waals surface area (Å²) in [5, 5.41) is 3.32. The van der Waals surface area contributed by atoms with Gasteiger partial charge >= 0.3 is 0 Å². The Kier molecular flexibility index (Phi) is 2.60. The van der Waals surface area contributed by atoms with Crippen molar-refractivity contribution in [3.8, 4) is 0 Å². The predicted octanol–water partition coefficient (Wildman–Crippen LogP) is 2.66. The highest BCUT2D eigenvalue weighted by Gasteiger charge is 2.21. The Hall–Kier alpha value is -1.54. The topological polar surface area (TPSA) is 38.0 Å². The third-order valence-electron chi connectivity index (χ3n) is 2.56. The van der Waals surface area contributed by atoms with Gasteiger partial charge in [0, 0.05) is 12.1 Å². The van der Waals surface area contributed by atoms with Crippen LogP contribution >= 0.6 is 0 Å². The zero-order valence-corrected chi connectivity index (χ0v) is 8.90. The minimum Gasteiger partial charge on any atom is -0.364 e. The van der Waals surface area contributed by atoms with E-state index in [9.17, 15) is 0 Å². The molecule has 0 saturated carbocycles. The van der Waals surface area contributed by atoms with Crippen LogP contribution < -0.4 is 11.1 Å². The third-order valence-corrected chi connectivity index (χ3v) is 2.56. The van der Waals surface area contributed by atoms with Crippen molar-refractivity contribution in [3.05, 3.63) is 54.1 Å². The molecule has 1 aliphatic carbocycles. The summed E-state index contributed by atoms with van der Waals surface area (Å²) in [6.07, 6.45) is 7.05. The van der Waals surface area contributed by atoms with E-state index in [0.29, 0.717) is 0 Å². The van der Waals surface area contributed by atoms with Crippen molar-refractivity contribution in [3.63, 3.8) is 0 Å². The Morgan fingerprint density at radius 1 is 1.27 bits per heavy atom. The predicted molar refractivity (Wildman–Crippen MR) is 64.5 cm³/mol. The quantitative estimate of drug-likeness (QED) is 0.720. The van der Waals surface area contributed by atoms with Crippen molar-refractivity contribution in [2.24, 2.45) is 5.73 Å². The van der Waals surface area contributed by atoms with E-state index in [1.54, 1.807) is 0 Å². The van der Waals surface area contributed by atoms with E-state index in [1.807, 2.05) is 36.4 Å². The van der Waals surface area contributed by atoms with Gasteiger partial charge in [0.25, 0.3) is 0 Å². The fourth-order valence-electron chi connectivity index (χ4n) is 1.63. The van der Waals surface area contributed by atoms with Crippen LogP contribution in [0, 0.1) is 0 Å². The van der Waals surface area contributed by atoms with Gasteiger partial charge in [-0.05, 0) is 25.1 Å². The number of nitrogens with one attached hydrogen (secondary N) is 1. The molecule has 2 heteroatoms. The summed E-state index contributed by atoms with van der Waals surface area (Å²) < 4.78 is 0. The van der Waals surface area contributed by atoms with Crippen molar-refractivity contribution < 1.29 is 0 Å². The van der Waals surface area contributed by atoms with Crippen LogP contribution in [0.4, 0.5) is 5.69 Å². The highest BCUT2D eigenvalue weighted by Crippen LogP contribution is 2.20. The second kappa shape index (κ2) is 3.91. The third kappa shape index (κ3) is 2.48. The number of anilines is 1. The molecule has 0 aliphatic heterocycles. The van der Waals surface area contributed by atoms with Gasteiger partial charge in [-0.1, -0.05) is 35.9 Å². The number of para-hydroxylation sites is 1. The second-order valence-electron chi connectivity index (χ2n) is 4.02. The summed E-state index contributed by atoms with van der Waals surface area (Å²) in [6, 6.07) is 10.0. The molecule has 3 N–H and O–H groups in total. The molecule has 1 aromatic carbocycles. The number of hydrogen-bond acceptors (Lipinski definition) is 2. The summed E-state index contributed by atoms with van der Waals surface area (Å²) in [7, 11) is 0. The Bertz CT molecular complexity index is 392. The molecule has 0 spiro atoms. The van der Waals surface area contributed by atoms with Crippen LogP contribution in [0.15, 0.2) is 54.1 Å². The first kappa shape index (κ1) is 9.99. The number of benzene rings is 1. The van der Waals surface area contributed by atoms with Gasteiger partial charge in [-0.2, -0.15) is 0 Å². The largest absolute Gasteiger partial charge is 0.364 e. The molecule has 0 bridgehead atoms. The maximum atomic E-state index is 6.21. The first-order chi connectivity index (χ1) is 7.18. The molecule has 2 nitrogen and oxygen atoms in total. The number of rotatable bonds is 2. The molecule has 78 valence electrons. The van der Waals surface area contributed by atoms with Crippen LogP contribution in [0.3, 0.4) is 0 Å². The lowest BCUT2D eigenvalue weighted by molar-refractivity contribution is 0.603. The Morgan fingerprint density at radius 3 is 2.60 bits per heavy atom. The van der Waals surface area contributed by atoms with E-state index < -0.39 is 5.66 Å². The molecule has 1 aliphatic rings. The van der Waals surface area contributed by atoms with E-state index >= 15 is 0 Å². The number of allylic oxidation sites excluding steroid dienone is 2. The first-order valence-corrected chi connectivity index (χ1v) is 5.16. The lowest BCUT2D eigenvalue weighted by Gasteiger charge is -2.29. The Morgan fingerprint density at radius 2 is 2.00 bits per heavy atom. The van der Waals surface area contributed by atoms with Gasteiger partial charge in [-0.15, -0.1) is 0 Å². The molecule has 15 heavy (non-hydrogen) atoms. The van der Waals surface area contributed by atoms with E-state index in [1.165, 1.54) is 5.57 Å².